The Kier molecular flexibility index (Phi) is 10.0. The van der Waals surface area contributed by atoms with Crippen LogP contribution in [0.5, 0.6) is 0 Å². The van der Waals surface area contributed by atoms with E-state index in [0.29, 0.717) is 12.6 Å². The van der Waals surface area contributed by atoms with Crippen molar-refractivity contribution in [3.8, 4) is 0 Å². The first kappa shape index (κ1) is 14.3. The Morgan fingerprint density at radius 1 is 1.21 bits per heavy atom. The maximum Gasteiger partial charge on any atom is 0.0438 e. The fourth-order valence-electron chi connectivity index (χ4n) is 1.44. The van der Waals surface area contributed by atoms with Crippen LogP contribution in [-0.2, 0) is 0 Å². The van der Waals surface area contributed by atoms with Gasteiger partial charge in [0.1, 0.15) is 0 Å². The predicted molar refractivity (Wildman–Crippen MR) is 65.9 cm³/mol. The summed E-state index contributed by atoms with van der Waals surface area (Å²) in [4.78, 5) is 0. The Morgan fingerprint density at radius 2 is 1.93 bits per heavy atom. The monoisotopic (exact) mass is 219 g/mol. The molecule has 2 nitrogen and oxygen atoms in total. The third-order valence-electron chi connectivity index (χ3n) is 2.01. The van der Waals surface area contributed by atoms with Crippen LogP contribution in [-0.4, -0.2) is 35.8 Å². The quantitative estimate of drug-likeness (QED) is 0.583. The molecule has 0 fully saturated rings. The fraction of sp³-hybridized carbons (Fsp3) is 1.00. The smallest absolute Gasteiger partial charge is 0.0438 e. The summed E-state index contributed by atoms with van der Waals surface area (Å²) < 4.78 is 0. The van der Waals surface area contributed by atoms with Gasteiger partial charge in [-0.3, -0.25) is 0 Å². The minimum atomic E-state index is 0.324. The van der Waals surface area contributed by atoms with Gasteiger partial charge in [0.2, 0.25) is 0 Å². The van der Waals surface area contributed by atoms with E-state index < -0.39 is 0 Å². The first-order chi connectivity index (χ1) is 6.66. The van der Waals surface area contributed by atoms with Crippen molar-refractivity contribution in [1.82, 2.24) is 5.32 Å². The van der Waals surface area contributed by atoms with Crippen molar-refractivity contribution in [2.24, 2.45) is 5.92 Å². The molecule has 0 bridgehead atoms. The first-order valence-electron chi connectivity index (χ1n) is 5.58. The standard InChI is InChI=1S/C11H25NOS/c1-10(2)9-11(3)12-5-8-14-7-4-6-13/h10-13H,4-9H2,1-3H3. The van der Waals surface area contributed by atoms with Crippen LogP contribution in [0.1, 0.15) is 33.6 Å². The Morgan fingerprint density at radius 3 is 2.50 bits per heavy atom. The molecule has 14 heavy (non-hydrogen) atoms. The van der Waals surface area contributed by atoms with Crippen LogP contribution in [0, 0.1) is 5.92 Å². The molecule has 0 aliphatic carbocycles. The molecule has 0 saturated heterocycles. The summed E-state index contributed by atoms with van der Waals surface area (Å²) in [5.41, 5.74) is 0. The molecular formula is C11H25NOS. The van der Waals surface area contributed by atoms with Gasteiger partial charge < -0.3 is 10.4 Å². The number of nitrogens with one attached hydrogen (secondary N) is 1. The highest BCUT2D eigenvalue weighted by atomic mass is 32.2. The number of hydrogen-bond donors (Lipinski definition) is 2. The number of thioether (sulfide) groups is 1. The zero-order chi connectivity index (χ0) is 10.8. The molecule has 0 aromatic rings. The predicted octanol–water partition coefficient (Wildman–Crippen LogP) is 2.13. The molecule has 0 radical (unpaired) electrons. The van der Waals surface area contributed by atoms with Crippen molar-refractivity contribution in [3.63, 3.8) is 0 Å². The molecule has 0 aromatic carbocycles. The van der Waals surface area contributed by atoms with E-state index in [2.05, 4.69) is 26.1 Å². The van der Waals surface area contributed by atoms with Gasteiger partial charge >= 0.3 is 0 Å². The third kappa shape index (κ3) is 10.4. The Balaban J connectivity index is 3.10. The summed E-state index contributed by atoms with van der Waals surface area (Å²) >= 11 is 1.92. The SMILES string of the molecule is CC(C)CC(C)NCCSCCCO. The zero-order valence-electron chi connectivity index (χ0n) is 9.75. The van der Waals surface area contributed by atoms with E-state index in [0.717, 1.165) is 30.4 Å². The second-order valence-electron chi connectivity index (χ2n) is 4.17. The van der Waals surface area contributed by atoms with Crippen LogP contribution >= 0.6 is 11.8 Å². The van der Waals surface area contributed by atoms with Crippen LogP contribution in [0.2, 0.25) is 0 Å². The van der Waals surface area contributed by atoms with Crippen LogP contribution in [0.15, 0.2) is 0 Å². The lowest BCUT2D eigenvalue weighted by molar-refractivity contribution is 0.296. The number of hydrogen-bond acceptors (Lipinski definition) is 3. The molecule has 0 amide bonds. The summed E-state index contributed by atoms with van der Waals surface area (Å²) in [6.07, 6.45) is 2.17. The summed E-state index contributed by atoms with van der Waals surface area (Å²) in [6, 6.07) is 0.633. The molecule has 1 unspecified atom stereocenters. The van der Waals surface area contributed by atoms with Gasteiger partial charge in [-0.15, -0.1) is 0 Å². The van der Waals surface area contributed by atoms with Gasteiger partial charge in [0.15, 0.2) is 0 Å². The number of aliphatic hydroxyl groups excluding tert-OH is 1. The van der Waals surface area contributed by atoms with Gasteiger partial charge in [0.25, 0.3) is 0 Å². The van der Waals surface area contributed by atoms with Gasteiger partial charge in [0, 0.05) is 24.9 Å². The van der Waals surface area contributed by atoms with E-state index >= 15 is 0 Å². The highest BCUT2D eigenvalue weighted by molar-refractivity contribution is 7.99. The van der Waals surface area contributed by atoms with Crippen molar-refractivity contribution in [2.45, 2.75) is 39.7 Å². The molecule has 1 atom stereocenters. The van der Waals surface area contributed by atoms with Crippen molar-refractivity contribution in [2.75, 3.05) is 24.7 Å². The van der Waals surface area contributed by atoms with Gasteiger partial charge in [0.05, 0.1) is 0 Å². The molecule has 0 heterocycles. The van der Waals surface area contributed by atoms with Crippen molar-refractivity contribution >= 4 is 11.8 Å². The minimum absolute atomic E-state index is 0.324. The normalized spacial score (nSPS) is 13.5. The largest absolute Gasteiger partial charge is 0.396 e. The second kappa shape index (κ2) is 9.81. The first-order valence-corrected chi connectivity index (χ1v) is 6.74. The Labute approximate surface area is 92.9 Å². The Hall–Kier alpha value is 0.270. The summed E-state index contributed by atoms with van der Waals surface area (Å²) in [6.45, 7) is 8.18. The molecule has 0 aliphatic rings. The van der Waals surface area contributed by atoms with E-state index in [1.165, 1.54) is 6.42 Å². The Bertz CT molecular complexity index is 120. The number of rotatable bonds is 9. The maximum atomic E-state index is 8.58. The van der Waals surface area contributed by atoms with Gasteiger partial charge in [-0.1, -0.05) is 13.8 Å². The van der Waals surface area contributed by atoms with Crippen molar-refractivity contribution < 1.29 is 5.11 Å². The molecule has 0 rings (SSSR count). The lowest BCUT2D eigenvalue weighted by Crippen LogP contribution is -2.29. The third-order valence-corrected chi connectivity index (χ3v) is 3.08. The average molecular weight is 219 g/mol. The molecule has 0 aliphatic heterocycles. The molecule has 2 N–H and O–H groups in total. The summed E-state index contributed by atoms with van der Waals surface area (Å²) in [5, 5.41) is 12.1. The molecule has 0 spiro atoms. The maximum absolute atomic E-state index is 8.58. The highest BCUT2D eigenvalue weighted by Crippen LogP contribution is 2.04. The van der Waals surface area contributed by atoms with Crippen LogP contribution in [0.4, 0.5) is 0 Å². The molecule has 0 aromatic heterocycles. The molecule has 0 saturated carbocycles. The molecular weight excluding hydrogens is 194 g/mol. The number of aliphatic hydroxyl groups is 1. The lowest BCUT2D eigenvalue weighted by Gasteiger charge is -2.15. The van der Waals surface area contributed by atoms with Gasteiger partial charge in [-0.05, 0) is 31.4 Å². The zero-order valence-corrected chi connectivity index (χ0v) is 10.6. The van der Waals surface area contributed by atoms with E-state index in [1.807, 2.05) is 11.8 Å². The summed E-state index contributed by atoms with van der Waals surface area (Å²) in [5.74, 6) is 3.01. The lowest BCUT2D eigenvalue weighted by atomic mass is 10.1. The van der Waals surface area contributed by atoms with Crippen molar-refractivity contribution in [3.05, 3.63) is 0 Å². The second-order valence-corrected chi connectivity index (χ2v) is 5.40. The van der Waals surface area contributed by atoms with E-state index in [-0.39, 0.29) is 0 Å². The summed E-state index contributed by atoms with van der Waals surface area (Å²) in [7, 11) is 0. The fourth-order valence-corrected chi connectivity index (χ4v) is 2.24. The van der Waals surface area contributed by atoms with E-state index in [4.69, 9.17) is 5.11 Å². The van der Waals surface area contributed by atoms with Crippen LogP contribution < -0.4 is 5.32 Å². The topological polar surface area (TPSA) is 32.3 Å². The average Bonchev–Trinajstić information content (AvgIpc) is 2.10. The van der Waals surface area contributed by atoms with Crippen LogP contribution in [0.25, 0.3) is 0 Å². The van der Waals surface area contributed by atoms with Gasteiger partial charge in [-0.2, -0.15) is 11.8 Å². The van der Waals surface area contributed by atoms with Gasteiger partial charge in [-0.25, -0.2) is 0 Å². The molecule has 3 heteroatoms. The highest BCUT2D eigenvalue weighted by Gasteiger charge is 2.02. The van der Waals surface area contributed by atoms with E-state index in [1.54, 1.807) is 0 Å². The van der Waals surface area contributed by atoms with E-state index in [9.17, 15) is 0 Å². The molecule has 86 valence electrons. The van der Waals surface area contributed by atoms with Crippen LogP contribution in [0.3, 0.4) is 0 Å². The minimum Gasteiger partial charge on any atom is -0.396 e. The van der Waals surface area contributed by atoms with Crippen molar-refractivity contribution in [1.29, 1.82) is 0 Å².